The van der Waals surface area contributed by atoms with Gasteiger partial charge < -0.3 is 14.4 Å². The molecule has 0 bridgehead atoms. The highest BCUT2D eigenvalue weighted by Gasteiger charge is 2.58. The van der Waals surface area contributed by atoms with E-state index in [4.69, 9.17) is 14.5 Å². The summed E-state index contributed by atoms with van der Waals surface area (Å²) in [5.74, 6) is 1.65. The van der Waals surface area contributed by atoms with Crippen LogP contribution in [-0.2, 0) is 5.41 Å². The van der Waals surface area contributed by atoms with Crippen molar-refractivity contribution >= 4 is 28.4 Å². The van der Waals surface area contributed by atoms with Crippen molar-refractivity contribution in [3.05, 3.63) is 60.2 Å². The van der Waals surface area contributed by atoms with Crippen LogP contribution in [0.2, 0.25) is 0 Å². The lowest BCUT2D eigenvalue weighted by Gasteiger charge is -2.45. The maximum atomic E-state index is 6.70. The summed E-state index contributed by atoms with van der Waals surface area (Å²) in [6, 6.07) is 18.6. The highest BCUT2D eigenvalue weighted by atomic mass is 16.5. The van der Waals surface area contributed by atoms with Crippen LogP contribution in [0.4, 0.5) is 11.4 Å². The van der Waals surface area contributed by atoms with E-state index in [1.807, 2.05) is 30.5 Å². The molecule has 2 heterocycles. The van der Waals surface area contributed by atoms with Crippen LogP contribution >= 0.6 is 0 Å². The van der Waals surface area contributed by atoms with Gasteiger partial charge in [0.15, 0.2) is 0 Å². The molecular weight excluding hydrogens is 336 g/mol. The van der Waals surface area contributed by atoms with Crippen molar-refractivity contribution in [2.75, 3.05) is 19.1 Å². The van der Waals surface area contributed by atoms with Crippen molar-refractivity contribution < 1.29 is 9.47 Å². The number of hydrogen-bond donors (Lipinski definition) is 0. The Labute approximate surface area is 159 Å². The summed E-state index contributed by atoms with van der Waals surface area (Å²) in [7, 11) is 3.76. The first kappa shape index (κ1) is 16.2. The van der Waals surface area contributed by atoms with Crippen LogP contribution in [0.5, 0.6) is 11.5 Å². The number of hydrogen-bond acceptors (Lipinski definition) is 4. The van der Waals surface area contributed by atoms with E-state index in [1.165, 1.54) is 11.3 Å². The molecule has 0 fully saturated rings. The van der Waals surface area contributed by atoms with E-state index in [2.05, 4.69) is 56.1 Å². The number of aliphatic imine (C=N–C) groups is 1. The van der Waals surface area contributed by atoms with E-state index < -0.39 is 5.72 Å². The van der Waals surface area contributed by atoms with Crippen molar-refractivity contribution in [2.24, 2.45) is 4.99 Å². The Morgan fingerprint density at radius 1 is 1.04 bits per heavy atom. The second-order valence-corrected chi connectivity index (χ2v) is 7.76. The zero-order valence-corrected chi connectivity index (χ0v) is 16.0. The van der Waals surface area contributed by atoms with E-state index in [0.29, 0.717) is 0 Å². The number of para-hydroxylation sites is 1. The summed E-state index contributed by atoms with van der Waals surface area (Å²) in [4.78, 5) is 7.11. The van der Waals surface area contributed by atoms with E-state index in [-0.39, 0.29) is 5.41 Å². The normalized spacial score (nSPS) is 21.9. The SMILES string of the molecule is COc1ccc2c3c(ccc2c1)O[C@]1(C=N3)N(C)c2ccccc2C1(C)C. The number of anilines is 1. The zero-order chi connectivity index (χ0) is 18.8. The lowest BCUT2D eigenvalue weighted by atomic mass is 9.77. The monoisotopic (exact) mass is 358 g/mol. The average Bonchev–Trinajstić information content (AvgIpc) is 2.86. The van der Waals surface area contributed by atoms with Gasteiger partial charge in [-0.1, -0.05) is 24.3 Å². The summed E-state index contributed by atoms with van der Waals surface area (Å²) in [6.45, 7) is 4.44. The number of benzene rings is 3. The van der Waals surface area contributed by atoms with Crippen LogP contribution in [-0.4, -0.2) is 26.1 Å². The van der Waals surface area contributed by atoms with Gasteiger partial charge >= 0.3 is 0 Å². The van der Waals surface area contributed by atoms with Crippen LogP contribution in [0.25, 0.3) is 10.8 Å². The minimum atomic E-state index is -0.649. The Hall–Kier alpha value is -3.01. The smallest absolute Gasteiger partial charge is 0.228 e. The Bertz CT molecular complexity index is 1100. The number of nitrogens with zero attached hydrogens (tertiary/aromatic N) is 2. The fourth-order valence-electron chi connectivity index (χ4n) is 4.49. The minimum Gasteiger partial charge on any atom is -0.497 e. The molecule has 0 unspecified atom stereocenters. The molecule has 0 aromatic heterocycles. The van der Waals surface area contributed by atoms with Gasteiger partial charge in [0.25, 0.3) is 0 Å². The summed E-state index contributed by atoms with van der Waals surface area (Å²) in [5, 5.41) is 2.16. The Morgan fingerprint density at radius 3 is 2.63 bits per heavy atom. The zero-order valence-electron chi connectivity index (χ0n) is 16.0. The van der Waals surface area contributed by atoms with Crippen molar-refractivity contribution in [1.29, 1.82) is 0 Å². The Morgan fingerprint density at radius 2 is 1.85 bits per heavy atom. The lowest BCUT2D eigenvalue weighted by Crippen LogP contribution is -2.61. The summed E-state index contributed by atoms with van der Waals surface area (Å²) in [6.07, 6.45) is 1.97. The molecule has 27 heavy (non-hydrogen) atoms. The van der Waals surface area contributed by atoms with Crippen LogP contribution in [0.3, 0.4) is 0 Å². The predicted molar refractivity (Wildman–Crippen MR) is 110 cm³/mol. The summed E-state index contributed by atoms with van der Waals surface area (Å²) in [5.41, 5.74) is 2.44. The Balaban J connectivity index is 1.67. The third kappa shape index (κ3) is 1.95. The average molecular weight is 358 g/mol. The fraction of sp³-hybridized carbons (Fsp3) is 0.261. The van der Waals surface area contributed by atoms with Gasteiger partial charge in [0.05, 0.1) is 18.7 Å². The molecule has 3 aromatic carbocycles. The molecule has 0 saturated carbocycles. The van der Waals surface area contributed by atoms with Gasteiger partial charge in [-0.25, -0.2) is 0 Å². The van der Waals surface area contributed by atoms with Gasteiger partial charge in [0.1, 0.15) is 17.2 Å². The molecule has 0 amide bonds. The molecule has 1 atom stereocenters. The highest BCUT2D eigenvalue weighted by Crippen LogP contribution is 2.54. The fourth-order valence-corrected chi connectivity index (χ4v) is 4.49. The molecule has 0 N–H and O–H groups in total. The maximum absolute atomic E-state index is 6.70. The molecule has 0 saturated heterocycles. The van der Waals surface area contributed by atoms with Crippen LogP contribution in [0, 0.1) is 0 Å². The number of methoxy groups -OCH3 is 1. The first-order chi connectivity index (χ1) is 13.0. The summed E-state index contributed by atoms with van der Waals surface area (Å²) < 4.78 is 12.0. The molecule has 0 aliphatic carbocycles. The van der Waals surface area contributed by atoms with Crippen molar-refractivity contribution in [3.63, 3.8) is 0 Å². The van der Waals surface area contributed by atoms with Crippen molar-refractivity contribution in [3.8, 4) is 11.5 Å². The van der Waals surface area contributed by atoms with Gasteiger partial charge in [-0.3, -0.25) is 4.99 Å². The van der Waals surface area contributed by atoms with Gasteiger partial charge in [0.2, 0.25) is 5.72 Å². The largest absolute Gasteiger partial charge is 0.497 e. The van der Waals surface area contributed by atoms with E-state index in [9.17, 15) is 0 Å². The highest BCUT2D eigenvalue weighted by molar-refractivity contribution is 6.00. The molecule has 1 spiro atoms. The van der Waals surface area contributed by atoms with Crippen molar-refractivity contribution in [2.45, 2.75) is 25.0 Å². The molecule has 0 radical (unpaired) electrons. The molecule has 4 nitrogen and oxygen atoms in total. The molecule has 4 heteroatoms. The number of ether oxygens (including phenoxy) is 2. The molecule has 2 aliphatic rings. The standard InChI is InChI=1S/C23H22N2O2/c1-22(2)18-7-5-6-8-19(18)25(3)23(22)14-24-21-17-11-10-16(26-4)13-15(17)9-12-20(21)27-23/h5-14H,1-4H3/t23-/m0/s1. The quantitative estimate of drug-likeness (QED) is 0.609. The van der Waals surface area contributed by atoms with Gasteiger partial charge in [0, 0.05) is 18.1 Å². The second kappa shape index (κ2) is 5.26. The third-order valence-corrected chi connectivity index (χ3v) is 6.13. The summed E-state index contributed by atoms with van der Waals surface area (Å²) >= 11 is 0. The lowest BCUT2D eigenvalue weighted by molar-refractivity contribution is 0.0826. The molecule has 5 rings (SSSR count). The second-order valence-electron chi connectivity index (χ2n) is 7.76. The van der Waals surface area contributed by atoms with E-state index >= 15 is 0 Å². The predicted octanol–water partition coefficient (Wildman–Crippen LogP) is 5.07. The number of rotatable bonds is 1. The number of fused-ring (bicyclic) bond motifs is 4. The van der Waals surface area contributed by atoms with Gasteiger partial charge in [-0.15, -0.1) is 0 Å². The first-order valence-corrected chi connectivity index (χ1v) is 9.16. The van der Waals surface area contributed by atoms with Gasteiger partial charge in [-0.2, -0.15) is 0 Å². The van der Waals surface area contributed by atoms with E-state index in [1.54, 1.807) is 7.11 Å². The van der Waals surface area contributed by atoms with Gasteiger partial charge in [-0.05, 0) is 55.1 Å². The number of likely N-dealkylation sites (N-methyl/N-ethyl adjacent to an activating group) is 1. The molecule has 3 aromatic rings. The molecule has 2 aliphatic heterocycles. The topological polar surface area (TPSA) is 34.1 Å². The maximum Gasteiger partial charge on any atom is 0.228 e. The minimum absolute atomic E-state index is 0.242. The van der Waals surface area contributed by atoms with Crippen LogP contribution in [0.1, 0.15) is 19.4 Å². The molecule has 136 valence electrons. The van der Waals surface area contributed by atoms with Crippen molar-refractivity contribution in [1.82, 2.24) is 0 Å². The van der Waals surface area contributed by atoms with Crippen LogP contribution in [0.15, 0.2) is 59.6 Å². The van der Waals surface area contributed by atoms with Crippen LogP contribution < -0.4 is 14.4 Å². The van der Waals surface area contributed by atoms with E-state index in [0.717, 1.165) is 28.0 Å². The molecular formula is C23H22N2O2. The third-order valence-electron chi connectivity index (χ3n) is 6.13. The Kier molecular flexibility index (Phi) is 3.15. The first-order valence-electron chi connectivity index (χ1n) is 9.16.